The number of hydrogen-bond donors (Lipinski definition) is 2. The Bertz CT molecular complexity index is 444. The average Bonchev–Trinajstić information content (AvgIpc) is 2.62. The van der Waals surface area contributed by atoms with E-state index in [1.165, 1.54) is 4.90 Å². The molecule has 0 aromatic rings. The number of carbonyl (C=O) groups excluding carboxylic acids is 2. The highest BCUT2D eigenvalue weighted by molar-refractivity contribution is 7.80. The molecule has 2 rings (SSSR count). The average molecular weight is 296 g/mol. The summed E-state index contributed by atoms with van der Waals surface area (Å²) in [6, 6.07) is -0.330. The third-order valence-electron chi connectivity index (χ3n) is 3.92. The molecule has 2 aliphatic rings. The van der Waals surface area contributed by atoms with Crippen molar-refractivity contribution in [2.45, 2.75) is 24.8 Å². The summed E-state index contributed by atoms with van der Waals surface area (Å²) in [5.41, 5.74) is 4.70. The number of amides is 3. The van der Waals surface area contributed by atoms with Crippen LogP contribution < -0.4 is 11.1 Å². The maximum absolute atomic E-state index is 12.5. The van der Waals surface area contributed by atoms with Crippen LogP contribution in [0.15, 0.2) is 12.7 Å². The Kier molecular flexibility index (Phi) is 4.39. The van der Waals surface area contributed by atoms with Crippen LogP contribution in [0.2, 0.25) is 0 Å². The van der Waals surface area contributed by atoms with E-state index in [0.717, 1.165) is 19.6 Å². The van der Waals surface area contributed by atoms with Gasteiger partial charge in [-0.1, -0.05) is 18.3 Å². The molecule has 0 aromatic heterocycles. The fourth-order valence-electron chi connectivity index (χ4n) is 2.74. The van der Waals surface area contributed by atoms with Gasteiger partial charge in [-0.05, 0) is 12.8 Å². The van der Waals surface area contributed by atoms with E-state index in [9.17, 15) is 9.59 Å². The Morgan fingerprint density at radius 2 is 2.10 bits per heavy atom. The van der Waals surface area contributed by atoms with Crippen molar-refractivity contribution in [1.29, 1.82) is 0 Å². The monoisotopic (exact) mass is 296 g/mol. The number of nitrogens with zero attached hydrogens (tertiary/aromatic N) is 2. The fourth-order valence-corrected chi connectivity index (χ4v) is 2.83. The smallest absolute Gasteiger partial charge is 0.325 e. The number of nitrogens with one attached hydrogen (secondary N) is 1. The molecule has 2 saturated heterocycles. The van der Waals surface area contributed by atoms with Crippen LogP contribution in [0.1, 0.15) is 19.3 Å². The van der Waals surface area contributed by atoms with Crippen LogP contribution in [0, 0.1) is 0 Å². The number of nitrogens with two attached hydrogens (primary N) is 1. The third-order valence-corrected chi connectivity index (χ3v) is 4.13. The maximum Gasteiger partial charge on any atom is 0.325 e. The van der Waals surface area contributed by atoms with Gasteiger partial charge < -0.3 is 11.1 Å². The van der Waals surface area contributed by atoms with Crippen LogP contribution in [0.5, 0.6) is 0 Å². The zero-order valence-corrected chi connectivity index (χ0v) is 12.2. The predicted octanol–water partition coefficient (Wildman–Crippen LogP) is 0.235. The van der Waals surface area contributed by atoms with Gasteiger partial charge in [-0.25, -0.2) is 4.79 Å². The quantitative estimate of drug-likeness (QED) is 0.431. The van der Waals surface area contributed by atoms with Crippen molar-refractivity contribution in [3.8, 4) is 0 Å². The minimum absolute atomic E-state index is 0.142. The van der Waals surface area contributed by atoms with Crippen LogP contribution in [0.25, 0.3) is 0 Å². The summed E-state index contributed by atoms with van der Waals surface area (Å²) in [7, 11) is 0. The van der Waals surface area contributed by atoms with Crippen molar-refractivity contribution in [1.82, 2.24) is 15.1 Å². The van der Waals surface area contributed by atoms with Crippen molar-refractivity contribution in [3.05, 3.63) is 12.7 Å². The molecular formula is C13H20N4O2S. The molecule has 1 spiro atoms. The van der Waals surface area contributed by atoms with Crippen LogP contribution in [-0.2, 0) is 4.79 Å². The van der Waals surface area contributed by atoms with E-state index in [-0.39, 0.29) is 18.5 Å². The Morgan fingerprint density at radius 1 is 1.45 bits per heavy atom. The molecule has 20 heavy (non-hydrogen) atoms. The Morgan fingerprint density at radius 3 is 2.65 bits per heavy atom. The van der Waals surface area contributed by atoms with E-state index in [1.54, 1.807) is 0 Å². The number of urea groups is 1. The first-order chi connectivity index (χ1) is 9.48. The molecule has 0 aromatic carbocycles. The molecule has 2 fully saturated rings. The summed E-state index contributed by atoms with van der Waals surface area (Å²) in [6.07, 6.45) is 3.48. The second-order valence-electron chi connectivity index (χ2n) is 5.27. The first-order valence-electron chi connectivity index (χ1n) is 6.74. The van der Waals surface area contributed by atoms with E-state index in [4.69, 9.17) is 18.0 Å². The summed E-state index contributed by atoms with van der Waals surface area (Å²) in [4.78, 5) is 28.2. The standard InChI is InChI=1S/C13H20N4O2S/c1-2-6-16-8-4-13(5-9-16)11(18)17(12(19)15-13)7-3-10(14)20/h2H,1,3-9H2,(H2,14,20)(H,15,19). The highest BCUT2D eigenvalue weighted by Gasteiger charge is 2.51. The van der Waals surface area contributed by atoms with Crippen molar-refractivity contribution >= 4 is 29.1 Å². The normalized spacial score (nSPS) is 22.1. The molecule has 0 bridgehead atoms. The lowest BCUT2D eigenvalue weighted by atomic mass is 9.87. The molecule has 2 aliphatic heterocycles. The number of hydrogen-bond acceptors (Lipinski definition) is 4. The minimum Gasteiger partial charge on any atom is -0.393 e. The number of thiocarbonyl (C=S) groups is 1. The first-order valence-corrected chi connectivity index (χ1v) is 7.15. The number of carbonyl (C=O) groups is 2. The summed E-state index contributed by atoms with van der Waals surface area (Å²) in [5.74, 6) is -0.142. The van der Waals surface area contributed by atoms with Gasteiger partial charge in [-0.3, -0.25) is 14.6 Å². The molecule has 0 atom stereocenters. The zero-order chi connectivity index (χ0) is 14.8. The predicted molar refractivity (Wildman–Crippen MR) is 80.2 cm³/mol. The van der Waals surface area contributed by atoms with E-state index >= 15 is 0 Å². The van der Waals surface area contributed by atoms with Gasteiger partial charge in [0.1, 0.15) is 5.54 Å². The molecule has 7 heteroatoms. The second kappa shape index (κ2) is 5.88. The second-order valence-corrected chi connectivity index (χ2v) is 5.80. The molecule has 6 nitrogen and oxygen atoms in total. The minimum atomic E-state index is -0.731. The largest absolute Gasteiger partial charge is 0.393 e. The van der Waals surface area contributed by atoms with Crippen LogP contribution in [0.4, 0.5) is 4.79 Å². The topological polar surface area (TPSA) is 78.7 Å². The summed E-state index contributed by atoms with van der Waals surface area (Å²) in [5, 5.41) is 2.86. The van der Waals surface area contributed by atoms with Gasteiger partial charge in [-0.2, -0.15) is 0 Å². The van der Waals surface area contributed by atoms with E-state index in [2.05, 4.69) is 16.8 Å². The van der Waals surface area contributed by atoms with Crippen molar-refractivity contribution in [2.24, 2.45) is 5.73 Å². The summed E-state index contributed by atoms with van der Waals surface area (Å²) < 4.78 is 0. The number of piperidine rings is 1. The third kappa shape index (κ3) is 2.83. The molecule has 110 valence electrons. The molecule has 3 amide bonds. The van der Waals surface area contributed by atoms with Gasteiger partial charge in [0, 0.05) is 32.6 Å². The highest BCUT2D eigenvalue weighted by Crippen LogP contribution is 2.29. The molecule has 0 saturated carbocycles. The lowest BCUT2D eigenvalue weighted by Crippen LogP contribution is -2.54. The van der Waals surface area contributed by atoms with Crippen molar-refractivity contribution in [2.75, 3.05) is 26.2 Å². The van der Waals surface area contributed by atoms with Gasteiger partial charge in [0.15, 0.2) is 0 Å². The van der Waals surface area contributed by atoms with Crippen LogP contribution >= 0.6 is 12.2 Å². The highest BCUT2D eigenvalue weighted by atomic mass is 32.1. The summed E-state index contributed by atoms with van der Waals surface area (Å²) in [6.45, 7) is 6.34. The van der Waals surface area contributed by atoms with Gasteiger partial charge in [0.05, 0.1) is 4.99 Å². The van der Waals surface area contributed by atoms with Gasteiger partial charge >= 0.3 is 6.03 Å². The van der Waals surface area contributed by atoms with Crippen LogP contribution in [-0.4, -0.2) is 58.4 Å². The van der Waals surface area contributed by atoms with Crippen LogP contribution in [0.3, 0.4) is 0 Å². The zero-order valence-electron chi connectivity index (χ0n) is 11.4. The van der Waals surface area contributed by atoms with E-state index < -0.39 is 5.54 Å². The molecule has 0 radical (unpaired) electrons. The van der Waals surface area contributed by atoms with Gasteiger partial charge in [0.2, 0.25) is 0 Å². The number of likely N-dealkylation sites (tertiary alicyclic amines) is 1. The summed E-state index contributed by atoms with van der Waals surface area (Å²) >= 11 is 4.79. The lowest BCUT2D eigenvalue weighted by Gasteiger charge is -2.36. The fraction of sp³-hybridized carbons (Fsp3) is 0.615. The maximum atomic E-state index is 12.5. The van der Waals surface area contributed by atoms with E-state index in [1.807, 2.05) is 6.08 Å². The van der Waals surface area contributed by atoms with Gasteiger partial charge in [0.25, 0.3) is 5.91 Å². The molecule has 0 unspecified atom stereocenters. The van der Waals surface area contributed by atoms with E-state index in [0.29, 0.717) is 24.3 Å². The Balaban J connectivity index is 2.00. The van der Waals surface area contributed by atoms with Gasteiger partial charge in [-0.15, -0.1) is 6.58 Å². The number of rotatable bonds is 5. The number of imide groups is 1. The lowest BCUT2D eigenvalue weighted by molar-refractivity contribution is -0.132. The molecule has 2 heterocycles. The molecule has 0 aliphatic carbocycles. The van der Waals surface area contributed by atoms with Crippen molar-refractivity contribution < 1.29 is 9.59 Å². The first kappa shape index (κ1) is 14.9. The molecule has 3 N–H and O–H groups in total. The Labute approximate surface area is 124 Å². The SMILES string of the molecule is C=CCN1CCC2(CC1)NC(=O)N(CCC(N)=S)C2=O. The Hall–Kier alpha value is -1.47. The molecular weight excluding hydrogens is 276 g/mol. The van der Waals surface area contributed by atoms with Crippen molar-refractivity contribution in [3.63, 3.8) is 0 Å².